The van der Waals surface area contributed by atoms with Crippen LogP contribution in [0.3, 0.4) is 0 Å². The van der Waals surface area contributed by atoms with Crippen molar-refractivity contribution in [3.8, 4) is 0 Å². The summed E-state index contributed by atoms with van der Waals surface area (Å²) in [4.78, 5) is 21.4. The molecule has 0 spiro atoms. The quantitative estimate of drug-likeness (QED) is 0.623. The predicted octanol–water partition coefficient (Wildman–Crippen LogP) is 1.28. The van der Waals surface area contributed by atoms with Gasteiger partial charge in [-0.2, -0.15) is 0 Å². The van der Waals surface area contributed by atoms with Crippen molar-refractivity contribution in [2.45, 2.75) is 46.3 Å². The molecular weight excluding hydrogens is 172 g/mol. The lowest BCUT2D eigenvalue weighted by molar-refractivity contribution is -0.163. The lowest BCUT2D eigenvalue weighted by Gasteiger charge is -2.19. The van der Waals surface area contributed by atoms with E-state index in [1.165, 1.54) is 6.92 Å². The first-order valence-corrected chi connectivity index (χ1v) is 4.34. The monoisotopic (exact) mass is 188 g/mol. The van der Waals surface area contributed by atoms with Crippen molar-refractivity contribution in [2.75, 3.05) is 0 Å². The molecule has 0 aromatic rings. The molecule has 76 valence electrons. The van der Waals surface area contributed by atoms with Crippen LogP contribution in [0.1, 0.15) is 34.1 Å². The molecule has 0 aromatic heterocycles. The van der Waals surface area contributed by atoms with E-state index in [0.717, 1.165) is 0 Å². The average molecular weight is 188 g/mol. The van der Waals surface area contributed by atoms with Gasteiger partial charge < -0.3 is 9.47 Å². The number of carbonyl (C=O) groups excluding carboxylic acids is 2. The summed E-state index contributed by atoms with van der Waals surface area (Å²) >= 11 is 0. The third-order valence-corrected chi connectivity index (χ3v) is 1.62. The zero-order valence-corrected chi connectivity index (χ0v) is 8.49. The van der Waals surface area contributed by atoms with Crippen LogP contribution < -0.4 is 0 Å². The molecule has 0 aromatic carbocycles. The highest BCUT2D eigenvalue weighted by Gasteiger charge is 2.17. The molecule has 4 nitrogen and oxygen atoms in total. The fourth-order valence-electron chi connectivity index (χ4n) is 0.744. The number of hydrogen-bond donors (Lipinski definition) is 0. The lowest BCUT2D eigenvalue weighted by atomic mass is 10.2. The van der Waals surface area contributed by atoms with Crippen molar-refractivity contribution in [3.63, 3.8) is 0 Å². The fourth-order valence-corrected chi connectivity index (χ4v) is 0.744. The van der Waals surface area contributed by atoms with E-state index >= 15 is 0 Å². The number of carbonyl (C=O) groups is 2. The Morgan fingerprint density at radius 2 is 1.62 bits per heavy atom. The minimum absolute atomic E-state index is 0.286. The Balaban J connectivity index is 3.88. The summed E-state index contributed by atoms with van der Waals surface area (Å²) in [7, 11) is 0. The fraction of sp³-hybridized carbons (Fsp3) is 0.778. The second-order valence-electron chi connectivity index (χ2n) is 2.86. The van der Waals surface area contributed by atoms with Gasteiger partial charge >= 0.3 is 11.9 Å². The van der Waals surface area contributed by atoms with Crippen LogP contribution in [-0.4, -0.2) is 24.1 Å². The molecule has 0 aliphatic carbocycles. The van der Waals surface area contributed by atoms with E-state index in [4.69, 9.17) is 9.47 Å². The molecule has 0 saturated heterocycles. The number of rotatable bonds is 4. The Morgan fingerprint density at radius 3 is 2.00 bits per heavy atom. The molecule has 0 rings (SSSR count). The standard InChI is InChI=1S/C9H16O4/c1-5-9(11)13-7(3)6(2)12-8(4)10/h6-7H,5H2,1-4H3. The molecular formula is C9H16O4. The molecule has 0 aliphatic heterocycles. The molecule has 0 radical (unpaired) electrons. The van der Waals surface area contributed by atoms with Crippen molar-refractivity contribution in [3.05, 3.63) is 0 Å². The molecule has 2 unspecified atom stereocenters. The zero-order valence-electron chi connectivity index (χ0n) is 8.49. The van der Waals surface area contributed by atoms with E-state index in [9.17, 15) is 9.59 Å². The summed E-state index contributed by atoms with van der Waals surface area (Å²) in [5.41, 5.74) is 0. The van der Waals surface area contributed by atoms with Crippen LogP contribution in [0.25, 0.3) is 0 Å². The number of esters is 2. The van der Waals surface area contributed by atoms with Gasteiger partial charge in [-0.25, -0.2) is 0 Å². The van der Waals surface area contributed by atoms with Gasteiger partial charge in [-0.05, 0) is 13.8 Å². The van der Waals surface area contributed by atoms with E-state index in [-0.39, 0.29) is 11.9 Å². The molecule has 0 heterocycles. The van der Waals surface area contributed by atoms with Crippen molar-refractivity contribution in [1.29, 1.82) is 0 Å². The van der Waals surface area contributed by atoms with Gasteiger partial charge in [0.1, 0.15) is 12.2 Å². The second-order valence-corrected chi connectivity index (χ2v) is 2.86. The van der Waals surface area contributed by atoms with Gasteiger partial charge in [-0.15, -0.1) is 0 Å². The summed E-state index contributed by atoms with van der Waals surface area (Å²) < 4.78 is 9.79. The highest BCUT2D eigenvalue weighted by Crippen LogP contribution is 2.04. The third kappa shape index (κ3) is 5.22. The molecule has 2 atom stereocenters. The maximum atomic E-state index is 10.8. The minimum atomic E-state index is -0.395. The predicted molar refractivity (Wildman–Crippen MR) is 47.1 cm³/mol. The van der Waals surface area contributed by atoms with Crippen LogP contribution in [0, 0.1) is 0 Å². The topological polar surface area (TPSA) is 52.6 Å². The van der Waals surface area contributed by atoms with Gasteiger partial charge in [0.25, 0.3) is 0 Å². The average Bonchev–Trinajstić information content (AvgIpc) is 2.02. The Labute approximate surface area is 78.2 Å². The van der Waals surface area contributed by atoms with Crippen molar-refractivity contribution < 1.29 is 19.1 Å². The van der Waals surface area contributed by atoms with Gasteiger partial charge in [0, 0.05) is 13.3 Å². The Morgan fingerprint density at radius 1 is 1.15 bits per heavy atom. The number of hydrogen-bond acceptors (Lipinski definition) is 4. The Bertz CT molecular complexity index is 188. The third-order valence-electron chi connectivity index (χ3n) is 1.62. The molecule has 0 saturated carbocycles. The molecule has 0 bridgehead atoms. The Kier molecular flexibility index (Phi) is 5.11. The summed E-state index contributed by atoms with van der Waals surface area (Å²) in [6.07, 6.45) is -0.457. The first kappa shape index (κ1) is 11.9. The van der Waals surface area contributed by atoms with Crippen molar-refractivity contribution in [1.82, 2.24) is 0 Å². The smallest absolute Gasteiger partial charge is 0.305 e. The van der Waals surface area contributed by atoms with Gasteiger partial charge in [0.2, 0.25) is 0 Å². The van der Waals surface area contributed by atoms with Crippen LogP contribution in [-0.2, 0) is 19.1 Å². The molecule has 13 heavy (non-hydrogen) atoms. The second kappa shape index (κ2) is 5.56. The van der Waals surface area contributed by atoms with Crippen LogP contribution in [0.4, 0.5) is 0 Å². The molecule has 4 heteroatoms. The first-order valence-electron chi connectivity index (χ1n) is 4.34. The maximum Gasteiger partial charge on any atom is 0.305 e. The molecule has 0 aliphatic rings. The molecule has 0 fully saturated rings. The van der Waals surface area contributed by atoms with Gasteiger partial charge in [-0.1, -0.05) is 6.92 Å². The normalized spacial score (nSPS) is 14.5. The van der Waals surface area contributed by atoms with Gasteiger partial charge in [-0.3, -0.25) is 9.59 Å². The van der Waals surface area contributed by atoms with E-state index in [2.05, 4.69) is 0 Å². The summed E-state index contributed by atoms with van der Waals surface area (Å²) in [5, 5.41) is 0. The minimum Gasteiger partial charge on any atom is -0.459 e. The van der Waals surface area contributed by atoms with Crippen LogP contribution in [0.15, 0.2) is 0 Å². The molecule has 0 N–H and O–H groups in total. The first-order chi connectivity index (χ1) is 5.97. The van der Waals surface area contributed by atoms with Gasteiger partial charge in [0.05, 0.1) is 0 Å². The largest absolute Gasteiger partial charge is 0.459 e. The van der Waals surface area contributed by atoms with Crippen molar-refractivity contribution >= 4 is 11.9 Å². The van der Waals surface area contributed by atoms with E-state index in [1.54, 1.807) is 20.8 Å². The summed E-state index contributed by atoms with van der Waals surface area (Å²) in [6, 6.07) is 0. The zero-order chi connectivity index (χ0) is 10.4. The lowest BCUT2D eigenvalue weighted by Crippen LogP contribution is -2.29. The van der Waals surface area contributed by atoms with E-state index in [0.29, 0.717) is 6.42 Å². The van der Waals surface area contributed by atoms with E-state index < -0.39 is 12.2 Å². The summed E-state index contributed by atoms with van der Waals surface area (Å²) in [6.45, 7) is 6.42. The highest BCUT2D eigenvalue weighted by atomic mass is 16.6. The van der Waals surface area contributed by atoms with Crippen molar-refractivity contribution in [2.24, 2.45) is 0 Å². The Hall–Kier alpha value is -1.06. The van der Waals surface area contributed by atoms with Gasteiger partial charge in [0.15, 0.2) is 0 Å². The van der Waals surface area contributed by atoms with Crippen LogP contribution >= 0.6 is 0 Å². The van der Waals surface area contributed by atoms with Crippen LogP contribution in [0.2, 0.25) is 0 Å². The molecule has 0 amide bonds. The SMILES string of the molecule is CCC(=O)OC(C)C(C)OC(C)=O. The highest BCUT2D eigenvalue weighted by molar-refractivity contribution is 5.69. The van der Waals surface area contributed by atoms with Crippen LogP contribution in [0.5, 0.6) is 0 Å². The summed E-state index contributed by atoms with van der Waals surface area (Å²) in [5.74, 6) is -0.654. The van der Waals surface area contributed by atoms with E-state index in [1.807, 2.05) is 0 Å². The maximum absolute atomic E-state index is 10.8. The number of ether oxygens (including phenoxy) is 2.